The molecule has 0 fully saturated rings. The summed E-state index contributed by atoms with van der Waals surface area (Å²) in [7, 11) is 1.45. The number of carbonyl (C=O) groups is 2. The minimum absolute atomic E-state index is 0.0966. The summed E-state index contributed by atoms with van der Waals surface area (Å²) in [5.41, 5.74) is 0. The Bertz CT molecular complexity index is 464. The van der Waals surface area contributed by atoms with Gasteiger partial charge in [0.1, 0.15) is 11.8 Å². The van der Waals surface area contributed by atoms with Crippen LogP contribution in [0.25, 0.3) is 0 Å². The maximum absolute atomic E-state index is 11.7. The molecule has 1 aromatic carbocycles. The number of rotatable bonds is 6. The first-order valence-electron chi connectivity index (χ1n) is 5.79. The molecule has 1 amide bonds. The number of amides is 1. The molecule has 5 nitrogen and oxygen atoms in total. The number of likely N-dealkylation sites (N-methyl/N-ethyl adjacent to an activating group) is 1. The van der Waals surface area contributed by atoms with Gasteiger partial charge in [-0.15, -0.1) is 0 Å². The van der Waals surface area contributed by atoms with Crippen LogP contribution in [0.5, 0.6) is 5.75 Å². The zero-order chi connectivity index (χ0) is 14.4. The van der Waals surface area contributed by atoms with Gasteiger partial charge in [0, 0.05) is 7.05 Å². The Kier molecular flexibility index (Phi) is 5.63. The number of ether oxygens (including phenoxy) is 1. The van der Waals surface area contributed by atoms with Crippen LogP contribution in [0.1, 0.15) is 13.3 Å². The minimum Gasteiger partial charge on any atom is -0.491 e. The van der Waals surface area contributed by atoms with E-state index in [0.29, 0.717) is 10.8 Å². The number of halogens is 1. The SMILES string of the molecule is CC(C(=O)O)N(C)C(=O)CCOc1ccccc1Cl. The van der Waals surface area contributed by atoms with Gasteiger partial charge in [0.15, 0.2) is 0 Å². The average molecular weight is 286 g/mol. The number of hydrogen-bond acceptors (Lipinski definition) is 3. The van der Waals surface area contributed by atoms with Crippen molar-refractivity contribution in [2.75, 3.05) is 13.7 Å². The van der Waals surface area contributed by atoms with Crippen LogP contribution in [0.15, 0.2) is 24.3 Å². The van der Waals surface area contributed by atoms with Gasteiger partial charge in [-0.2, -0.15) is 0 Å². The molecule has 0 saturated carbocycles. The van der Waals surface area contributed by atoms with Crippen LogP contribution in [0.4, 0.5) is 0 Å². The molecule has 0 saturated heterocycles. The fourth-order valence-corrected chi connectivity index (χ4v) is 1.56. The van der Waals surface area contributed by atoms with E-state index in [1.54, 1.807) is 24.3 Å². The zero-order valence-corrected chi connectivity index (χ0v) is 11.6. The summed E-state index contributed by atoms with van der Waals surface area (Å²) in [4.78, 5) is 23.6. The Balaban J connectivity index is 2.43. The topological polar surface area (TPSA) is 66.8 Å². The molecule has 1 rings (SSSR count). The van der Waals surface area contributed by atoms with Crippen molar-refractivity contribution in [1.29, 1.82) is 0 Å². The lowest BCUT2D eigenvalue weighted by Gasteiger charge is -2.21. The Morgan fingerprint density at radius 2 is 2.05 bits per heavy atom. The van der Waals surface area contributed by atoms with Crippen LogP contribution in [0, 0.1) is 0 Å². The van der Waals surface area contributed by atoms with Gasteiger partial charge in [-0.25, -0.2) is 4.79 Å². The Hall–Kier alpha value is -1.75. The largest absolute Gasteiger partial charge is 0.491 e. The first-order chi connectivity index (χ1) is 8.93. The number of nitrogens with zero attached hydrogens (tertiary/aromatic N) is 1. The third kappa shape index (κ3) is 4.44. The number of aliphatic carboxylic acids is 1. The first kappa shape index (κ1) is 15.3. The van der Waals surface area contributed by atoms with Gasteiger partial charge in [0.2, 0.25) is 5.91 Å². The molecule has 0 radical (unpaired) electrons. The average Bonchev–Trinajstić information content (AvgIpc) is 2.38. The Morgan fingerprint density at radius 3 is 2.63 bits per heavy atom. The van der Waals surface area contributed by atoms with Crippen LogP contribution < -0.4 is 4.74 Å². The summed E-state index contributed by atoms with van der Waals surface area (Å²) in [5.74, 6) is -0.823. The van der Waals surface area contributed by atoms with Gasteiger partial charge >= 0.3 is 5.97 Å². The standard InChI is InChI=1S/C13H16ClNO4/c1-9(13(17)18)15(2)12(16)7-8-19-11-6-4-3-5-10(11)14/h3-6,9H,7-8H2,1-2H3,(H,17,18). The predicted octanol–water partition coefficient (Wildman–Crippen LogP) is 2.04. The molecular weight excluding hydrogens is 270 g/mol. The van der Waals surface area contributed by atoms with Gasteiger partial charge in [-0.05, 0) is 19.1 Å². The summed E-state index contributed by atoms with van der Waals surface area (Å²) < 4.78 is 5.37. The van der Waals surface area contributed by atoms with E-state index in [-0.39, 0.29) is 18.9 Å². The number of carboxylic acid groups (broad SMARTS) is 1. The zero-order valence-electron chi connectivity index (χ0n) is 10.8. The summed E-state index contributed by atoms with van der Waals surface area (Å²) in [6.07, 6.45) is 0.0966. The second-order valence-electron chi connectivity index (χ2n) is 4.05. The molecule has 6 heteroatoms. The molecule has 0 aliphatic rings. The maximum atomic E-state index is 11.7. The highest BCUT2D eigenvalue weighted by Gasteiger charge is 2.21. The molecule has 1 aromatic rings. The normalized spacial score (nSPS) is 11.7. The highest BCUT2D eigenvalue weighted by molar-refractivity contribution is 6.32. The number of hydrogen-bond donors (Lipinski definition) is 1. The fourth-order valence-electron chi connectivity index (χ4n) is 1.37. The molecule has 0 aliphatic heterocycles. The summed E-state index contributed by atoms with van der Waals surface area (Å²) in [5, 5.41) is 9.27. The summed E-state index contributed by atoms with van der Waals surface area (Å²) in [6.45, 7) is 1.61. The molecule has 1 N–H and O–H groups in total. The van der Waals surface area contributed by atoms with Crippen LogP contribution in [-0.2, 0) is 9.59 Å². The molecule has 0 aromatic heterocycles. The van der Waals surface area contributed by atoms with E-state index < -0.39 is 12.0 Å². The van der Waals surface area contributed by atoms with Gasteiger partial charge in [0.25, 0.3) is 0 Å². The summed E-state index contributed by atoms with van der Waals surface area (Å²) >= 11 is 5.90. The van der Waals surface area contributed by atoms with E-state index in [2.05, 4.69) is 0 Å². The second-order valence-corrected chi connectivity index (χ2v) is 4.45. The van der Waals surface area contributed by atoms with Crippen molar-refractivity contribution >= 4 is 23.5 Å². The van der Waals surface area contributed by atoms with Crippen LogP contribution in [0.3, 0.4) is 0 Å². The number of carboxylic acids is 1. The highest BCUT2D eigenvalue weighted by atomic mass is 35.5. The van der Waals surface area contributed by atoms with Crippen LogP contribution in [-0.4, -0.2) is 41.6 Å². The van der Waals surface area contributed by atoms with Crippen molar-refractivity contribution in [3.05, 3.63) is 29.3 Å². The number of benzene rings is 1. The van der Waals surface area contributed by atoms with E-state index >= 15 is 0 Å². The first-order valence-corrected chi connectivity index (χ1v) is 6.17. The van der Waals surface area contributed by atoms with E-state index in [1.807, 2.05) is 0 Å². The third-order valence-electron chi connectivity index (χ3n) is 2.74. The lowest BCUT2D eigenvalue weighted by Crippen LogP contribution is -2.40. The molecule has 1 atom stereocenters. The Labute approximate surface area is 116 Å². The smallest absolute Gasteiger partial charge is 0.326 e. The van der Waals surface area contributed by atoms with Gasteiger partial charge in [-0.1, -0.05) is 23.7 Å². The van der Waals surface area contributed by atoms with Crippen LogP contribution in [0.2, 0.25) is 5.02 Å². The molecule has 0 heterocycles. The lowest BCUT2D eigenvalue weighted by atomic mass is 10.2. The molecule has 19 heavy (non-hydrogen) atoms. The quantitative estimate of drug-likeness (QED) is 0.868. The maximum Gasteiger partial charge on any atom is 0.326 e. The predicted molar refractivity (Wildman–Crippen MR) is 71.4 cm³/mol. The van der Waals surface area contributed by atoms with Gasteiger partial charge < -0.3 is 14.7 Å². The van der Waals surface area contributed by atoms with E-state index in [4.69, 9.17) is 21.4 Å². The van der Waals surface area contributed by atoms with Gasteiger partial charge in [0.05, 0.1) is 18.1 Å². The molecule has 104 valence electrons. The third-order valence-corrected chi connectivity index (χ3v) is 3.05. The second kappa shape index (κ2) is 6.99. The highest BCUT2D eigenvalue weighted by Crippen LogP contribution is 2.23. The minimum atomic E-state index is -1.04. The van der Waals surface area contributed by atoms with Crippen LogP contribution >= 0.6 is 11.6 Å². The van der Waals surface area contributed by atoms with Crippen molar-refractivity contribution in [2.45, 2.75) is 19.4 Å². The number of para-hydroxylation sites is 1. The van der Waals surface area contributed by atoms with Crippen molar-refractivity contribution in [3.63, 3.8) is 0 Å². The lowest BCUT2D eigenvalue weighted by molar-refractivity contribution is -0.148. The molecule has 0 aliphatic carbocycles. The van der Waals surface area contributed by atoms with E-state index in [1.165, 1.54) is 18.9 Å². The summed E-state index contributed by atoms with van der Waals surface area (Å²) in [6, 6.07) is 6.10. The monoisotopic (exact) mass is 285 g/mol. The molecular formula is C13H16ClNO4. The van der Waals surface area contributed by atoms with E-state index in [9.17, 15) is 9.59 Å². The fraction of sp³-hybridized carbons (Fsp3) is 0.385. The number of carbonyl (C=O) groups excluding carboxylic acids is 1. The molecule has 1 unspecified atom stereocenters. The van der Waals surface area contributed by atoms with Gasteiger partial charge in [-0.3, -0.25) is 4.79 Å². The van der Waals surface area contributed by atoms with Crippen molar-refractivity contribution in [1.82, 2.24) is 4.90 Å². The van der Waals surface area contributed by atoms with Crippen molar-refractivity contribution < 1.29 is 19.4 Å². The molecule has 0 spiro atoms. The van der Waals surface area contributed by atoms with E-state index in [0.717, 1.165) is 0 Å². The van der Waals surface area contributed by atoms with Crippen molar-refractivity contribution in [3.8, 4) is 5.75 Å². The Morgan fingerprint density at radius 1 is 1.42 bits per heavy atom. The molecule has 0 bridgehead atoms. The van der Waals surface area contributed by atoms with Crippen molar-refractivity contribution in [2.24, 2.45) is 0 Å².